The molecular formula is C5H9ClF3NO3. The highest BCUT2D eigenvalue weighted by molar-refractivity contribution is 5.85. The van der Waals surface area contributed by atoms with Gasteiger partial charge in [-0.15, -0.1) is 25.6 Å². The number of methoxy groups -OCH3 is 1. The highest BCUT2D eigenvalue weighted by Gasteiger charge is 2.31. The second-order valence-corrected chi connectivity index (χ2v) is 1.89. The van der Waals surface area contributed by atoms with E-state index in [0.29, 0.717) is 0 Å². The van der Waals surface area contributed by atoms with Gasteiger partial charge in [-0.25, -0.2) is 0 Å². The molecule has 0 saturated heterocycles. The summed E-state index contributed by atoms with van der Waals surface area (Å²) in [5, 5.41) is 0. The quantitative estimate of drug-likeness (QED) is 0.706. The van der Waals surface area contributed by atoms with Gasteiger partial charge >= 0.3 is 12.3 Å². The van der Waals surface area contributed by atoms with Gasteiger partial charge in [0, 0.05) is 0 Å². The molecule has 0 aromatic heterocycles. The van der Waals surface area contributed by atoms with Gasteiger partial charge in [-0.1, -0.05) is 0 Å². The number of rotatable bonds is 3. The summed E-state index contributed by atoms with van der Waals surface area (Å²) in [4.78, 5) is 10.4. The highest BCUT2D eigenvalue weighted by Crippen LogP contribution is 2.15. The lowest BCUT2D eigenvalue weighted by Crippen LogP contribution is -2.38. The molecule has 0 saturated carbocycles. The molecule has 0 spiro atoms. The zero-order valence-corrected chi connectivity index (χ0v) is 7.45. The summed E-state index contributed by atoms with van der Waals surface area (Å²) in [5.41, 5.74) is 4.94. The fourth-order valence-electron chi connectivity index (χ4n) is 0.404. The Morgan fingerprint density at radius 3 is 2.31 bits per heavy atom. The smallest absolute Gasteiger partial charge is 0.468 e. The molecule has 13 heavy (non-hydrogen) atoms. The van der Waals surface area contributed by atoms with E-state index in [1.807, 2.05) is 0 Å². The van der Waals surface area contributed by atoms with Crippen molar-refractivity contribution in [1.82, 2.24) is 0 Å². The Morgan fingerprint density at radius 2 is 2.00 bits per heavy atom. The average Bonchev–Trinajstić information content (AvgIpc) is 1.97. The summed E-state index contributed by atoms with van der Waals surface area (Å²) in [6, 6.07) is -1.41. The molecule has 0 aliphatic heterocycles. The molecule has 0 fully saturated rings. The normalized spacial score (nSPS) is 13.0. The molecular weight excluding hydrogens is 215 g/mol. The number of carbonyl (C=O) groups is 1. The topological polar surface area (TPSA) is 61.5 Å². The van der Waals surface area contributed by atoms with Crippen LogP contribution in [-0.4, -0.2) is 32.1 Å². The van der Waals surface area contributed by atoms with Gasteiger partial charge in [0.25, 0.3) is 0 Å². The third-order valence-corrected chi connectivity index (χ3v) is 0.930. The van der Waals surface area contributed by atoms with E-state index in [-0.39, 0.29) is 12.4 Å². The van der Waals surface area contributed by atoms with E-state index < -0.39 is 25.0 Å². The first kappa shape index (κ1) is 15.0. The molecule has 8 heteroatoms. The van der Waals surface area contributed by atoms with Crippen LogP contribution in [0.3, 0.4) is 0 Å². The first-order chi connectivity index (χ1) is 5.37. The number of ether oxygens (including phenoxy) is 2. The van der Waals surface area contributed by atoms with Crippen LogP contribution in [0.1, 0.15) is 0 Å². The number of carbonyl (C=O) groups excluding carboxylic acids is 1. The Morgan fingerprint density at radius 1 is 1.54 bits per heavy atom. The molecule has 0 aliphatic rings. The minimum atomic E-state index is -4.77. The maximum absolute atomic E-state index is 11.4. The minimum Gasteiger partial charge on any atom is -0.468 e. The summed E-state index contributed by atoms with van der Waals surface area (Å²) in [6.45, 7) is -0.934. The van der Waals surface area contributed by atoms with E-state index in [2.05, 4.69) is 9.47 Å². The first-order valence-corrected chi connectivity index (χ1v) is 2.91. The maximum Gasteiger partial charge on any atom is 0.522 e. The lowest BCUT2D eigenvalue weighted by atomic mass is 10.3. The van der Waals surface area contributed by atoms with Crippen molar-refractivity contribution in [1.29, 1.82) is 0 Å². The van der Waals surface area contributed by atoms with E-state index >= 15 is 0 Å². The van der Waals surface area contributed by atoms with Gasteiger partial charge in [0.05, 0.1) is 13.7 Å². The van der Waals surface area contributed by atoms with Gasteiger partial charge in [0.15, 0.2) is 0 Å². The molecule has 80 valence electrons. The number of esters is 1. The predicted molar refractivity (Wildman–Crippen MR) is 39.2 cm³/mol. The van der Waals surface area contributed by atoms with Crippen molar-refractivity contribution in [2.75, 3.05) is 13.7 Å². The minimum absolute atomic E-state index is 0. The van der Waals surface area contributed by atoms with E-state index in [1.54, 1.807) is 0 Å². The molecule has 0 amide bonds. The molecule has 2 N–H and O–H groups in total. The van der Waals surface area contributed by atoms with Crippen molar-refractivity contribution in [3.63, 3.8) is 0 Å². The molecule has 0 aliphatic carbocycles. The van der Waals surface area contributed by atoms with E-state index in [1.165, 1.54) is 0 Å². The number of hydrogen-bond donors (Lipinski definition) is 1. The van der Waals surface area contributed by atoms with Gasteiger partial charge in [-0.3, -0.25) is 9.53 Å². The standard InChI is InChI=1S/C5H8F3NO3.ClH/c1-11-4(10)3(9)2-12-5(6,7)8;/h3H,2,9H2,1H3;1H/t3-;/m0./s1. The van der Waals surface area contributed by atoms with Crippen LogP contribution in [0.15, 0.2) is 0 Å². The SMILES string of the molecule is COC(=O)[C@@H](N)COC(F)(F)F.Cl. The van der Waals surface area contributed by atoms with Gasteiger partial charge < -0.3 is 10.5 Å². The second kappa shape index (κ2) is 6.01. The maximum atomic E-state index is 11.4. The van der Waals surface area contributed by atoms with Crippen LogP contribution < -0.4 is 5.73 Å². The van der Waals surface area contributed by atoms with Crippen LogP contribution >= 0.6 is 12.4 Å². The van der Waals surface area contributed by atoms with Crippen molar-refractivity contribution in [3.8, 4) is 0 Å². The lowest BCUT2D eigenvalue weighted by Gasteiger charge is -2.11. The number of nitrogens with two attached hydrogens (primary N) is 1. The van der Waals surface area contributed by atoms with Crippen LogP contribution in [-0.2, 0) is 14.3 Å². The van der Waals surface area contributed by atoms with Crippen molar-refractivity contribution < 1.29 is 27.4 Å². The van der Waals surface area contributed by atoms with Crippen molar-refractivity contribution in [2.45, 2.75) is 12.4 Å². The van der Waals surface area contributed by atoms with Gasteiger partial charge in [-0.05, 0) is 0 Å². The van der Waals surface area contributed by atoms with Gasteiger partial charge in [-0.2, -0.15) is 0 Å². The van der Waals surface area contributed by atoms with Crippen LogP contribution in [0.4, 0.5) is 13.2 Å². The highest BCUT2D eigenvalue weighted by atomic mass is 35.5. The summed E-state index contributed by atoms with van der Waals surface area (Å²) >= 11 is 0. The molecule has 0 bridgehead atoms. The Kier molecular flexibility index (Phi) is 6.91. The first-order valence-electron chi connectivity index (χ1n) is 2.91. The summed E-state index contributed by atoms with van der Waals surface area (Å²) in [7, 11) is 1.02. The third-order valence-electron chi connectivity index (χ3n) is 0.930. The molecule has 0 unspecified atom stereocenters. The molecule has 4 nitrogen and oxygen atoms in total. The van der Waals surface area contributed by atoms with E-state index in [4.69, 9.17) is 5.73 Å². The molecule has 0 rings (SSSR count). The molecule has 0 radical (unpaired) electrons. The van der Waals surface area contributed by atoms with Gasteiger partial charge in [0.2, 0.25) is 0 Å². The Labute approximate surface area is 78.6 Å². The molecule has 1 atom stereocenters. The fraction of sp³-hybridized carbons (Fsp3) is 0.800. The molecule has 0 aromatic rings. The molecule has 0 aromatic carbocycles. The van der Waals surface area contributed by atoms with E-state index in [0.717, 1.165) is 7.11 Å². The average molecular weight is 224 g/mol. The predicted octanol–water partition coefficient (Wildman–Crippen LogP) is 0.445. The number of hydrogen-bond acceptors (Lipinski definition) is 4. The third kappa shape index (κ3) is 7.82. The zero-order chi connectivity index (χ0) is 9.78. The van der Waals surface area contributed by atoms with Crippen LogP contribution in [0.2, 0.25) is 0 Å². The largest absolute Gasteiger partial charge is 0.522 e. The summed E-state index contributed by atoms with van der Waals surface area (Å²) < 4.78 is 41.4. The van der Waals surface area contributed by atoms with Crippen molar-refractivity contribution >= 4 is 18.4 Å². The Bertz CT molecular complexity index is 164. The Balaban J connectivity index is 0. The monoisotopic (exact) mass is 223 g/mol. The zero-order valence-electron chi connectivity index (χ0n) is 6.63. The van der Waals surface area contributed by atoms with Crippen LogP contribution in [0.5, 0.6) is 0 Å². The Hall–Kier alpha value is -0.530. The van der Waals surface area contributed by atoms with E-state index in [9.17, 15) is 18.0 Å². The number of halogens is 4. The van der Waals surface area contributed by atoms with Crippen LogP contribution in [0.25, 0.3) is 0 Å². The summed E-state index contributed by atoms with van der Waals surface area (Å²) in [5.74, 6) is -0.945. The fourth-order valence-corrected chi connectivity index (χ4v) is 0.404. The van der Waals surface area contributed by atoms with Crippen molar-refractivity contribution in [3.05, 3.63) is 0 Å². The lowest BCUT2D eigenvalue weighted by molar-refractivity contribution is -0.325. The molecule has 0 heterocycles. The summed E-state index contributed by atoms with van der Waals surface area (Å²) in [6.07, 6.45) is -4.77. The van der Waals surface area contributed by atoms with Crippen LogP contribution in [0, 0.1) is 0 Å². The number of alkyl halides is 3. The second-order valence-electron chi connectivity index (χ2n) is 1.89. The van der Waals surface area contributed by atoms with Gasteiger partial charge in [0.1, 0.15) is 6.04 Å². The van der Waals surface area contributed by atoms with Crippen molar-refractivity contribution in [2.24, 2.45) is 5.73 Å².